The lowest BCUT2D eigenvalue weighted by atomic mass is 10.2. The van der Waals surface area contributed by atoms with Crippen molar-refractivity contribution in [3.8, 4) is 11.5 Å². The van der Waals surface area contributed by atoms with Crippen LogP contribution in [0.2, 0.25) is 0 Å². The number of nitrogens with one attached hydrogen (secondary N) is 2. The average molecular weight is 372 g/mol. The molecule has 136 valence electrons. The summed E-state index contributed by atoms with van der Waals surface area (Å²) in [6.07, 6.45) is 0.858. The van der Waals surface area contributed by atoms with Gasteiger partial charge in [0.05, 0.1) is 19.0 Å². The molecule has 0 aromatic heterocycles. The molecule has 1 aliphatic rings. The molecule has 1 heterocycles. The van der Waals surface area contributed by atoms with Gasteiger partial charge in [-0.3, -0.25) is 9.59 Å². The lowest BCUT2D eigenvalue weighted by Gasteiger charge is -2.10. The molecule has 3 rings (SSSR count). The quantitative estimate of drug-likeness (QED) is 0.785. The second-order valence-corrected chi connectivity index (χ2v) is 6.81. The van der Waals surface area contributed by atoms with E-state index in [9.17, 15) is 9.59 Å². The zero-order chi connectivity index (χ0) is 18.4. The Balaban J connectivity index is 1.56. The first kappa shape index (κ1) is 18.1. The molecule has 2 N–H and O–H groups in total. The van der Waals surface area contributed by atoms with Crippen molar-refractivity contribution < 1.29 is 19.1 Å². The molecule has 0 spiro atoms. The number of carbonyl (C=O) groups is 2. The first-order chi connectivity index (χ1) is 12.6. The van der Waals surface area contributed by atoms with Crippen molar-refractivity contribution in [2.24, 2.45) is 0 Å². The van der Waals surface area contributed by atoms with E-state index in [4.69, 9.17) is 9.47 Å². The van der Waals surface area contributed by atoms with Crippen LogP contribution in [-0.2, 0) is 9.59 Å². The summed E-state index contributed by atoms with van der Waals surface area (Å²) in [7, 11) is 0. The molecule has 0 bridgehead atoms. The Labute approximate surface area is 156 Å². The number of carbonyl (C=O) groups excluding carboxylic acids is 2. The smallest absolute Gasteiger partial charge is 0.234 e. The second kappa shape index (κ2) is 8.62. The number of rotatable bonds is 5. The highest BCUT2D eigenvalue weighted by molar-refractivity contribution is 8.00. The molecule has 26 heavy (non-hydrogen) atoms. The van der Waals surface area contributed by atoms with Gasteiger partial charge in [-0.15, -0.1) is 11.8 Å². The Bertz CT molecular complexity index is 810. The van der Waals surface area contributed by atoms with E-state index in [1.807, 2.05) is 18.2 Å². The Kier molecular flexibility index (Phi) is 6.01. The van der Waals surface area contributed by atoms with Gasteiger partial charge in [-0.2, -0.15) is 0 Å². The van der Waals surface area contributed by atoms with Crippen LogP contribution in [0.3, 0.4) is 0 Å². The van der Waals surface area contributed by atoms with E-state index in [-0.39, 0.29) is 17.6 Å². The van der Waals surface area contributed by atoms with E-state index in [1.54, 1.807) is 24.3 Å². The van der Waals surface area contributed by atoms with E-state index in [1.165, 1.54) is 18.7 Å². The molecule has 2 aromatic rings. The molecular weight excluding hydrogens is 352 g/mol. The van der Waals surface area contributed by atoms with Crippen molar-refractivity contribution >= 4 is 35.0 Å². The van der Waals surface area contributed by atoms with Gasteiger partial charge in [-0.1, -0.05) is 6.07 Å². The number of ether oxygens (including phenoxy) is 2. The molecule has 0 radical (unpaired) electrons. The van der Waals surface area contributed by atoms with Crippen LogP contribution in [0.25, 0.3) is 0 Å². The normalized spacial score (nSPS) is 12.8. The van der Waals surface area contributed by atoms with Crippen LogP contribution in [-0.4, -0.2) is 30.8 Å². The van der Waals surface area contributed by atoms with Crippen LogP contribution in [0.4, 0.5) is 11.4 Å². The minimum atomic E-state index is -0.154. The third-order valence-electron chi connectivity index (χ3n) is 3.56. The summed E-state index contributed by atoms with van der Waals surface area (Å²) in [4.78, 5) is 24.2. The number of thioether (sulfide) groups is 1. The van der Waals surface area contributed by atoms with Gasteiger partial charge in [0.15, 0.2) is 11.5 Å². The third-order valence-corrected chi connectivity index (χ3v) is 4.55. The van der Waals surface area contributed by atoms with Crippen LogP contribution < -0.4 is 20.1 Å². The molecular formula is C19H20N2O4S. The van der Waals surface area contributed by atoms with Gasteiger partial charge in [0, 0.05) is 29.6 Å². The molecule has 2 amide bonds. The van der Waals surface area contributed by atoms with Crippen LogP contribution in [0, 0.1) is 0 Å². The monoisotopic (exact) mass is 372 g/mol. The average Bonchev–Trinajstić information content (AvgIpc) is 2.84. The number of hydrogen-bond donors (Lipinski definition) is 2. The zero-order valence-corrected chi connectivity index (χ0v) is 15.2. The Morgan fingerprint density at radius 1 is 1.00 bits per heavy atom. The minimum absolute atomic E-state index is 0.123. The summed E-state index contributed by atoms with van der Waals surface area (Å²) in [5, 5.41) is 5.52. The van der Waals surface area contributed by atoms with Gasteiger partial charge in [0.1, 0.15) is 0 Å². The van der Waals surface area contributed by atoms with Crippen LogP contribution in [0.5, 0.6) is 11.5 Å². The standard InChI is InChI=1S/C19H20N2O4S/c1-13(22)20-14-4-2-5-15(10-14)21-19(23)12-26-16-6-7-17-18(11-16)25-9-3-8-24-17/h2,4-7,10-11H,3,8-9,12H2,1H3,(H,20,22)(H,21,23). The van der Waals surface area contributed by atoms with Crippen molar-refractivity contribution in [1.29, 1.82) is 0 Å². The maximum atomic E-state index is 12.2. The maximum Gasteiger partial charge on any atom is 0.234 e. The SMILES string of the molecule is CC(=O)Nc1cccc(NC(=O)CSc2ccc3c(c2)OCCCO3)c1. The molecule has 0 aliphatic carbocycles. The lowest BCUT2D eigenvalue weighted by molar-refractivity contribution is -0.114. The topological polar surface area (TPSA) is 76.7 Å². The highest BCUT2D eigenvalue weighted by Crippen LogP contribution is 2.33. The first-order valence-corrected chi connectivity index (χ1v) is 9.29. The predicted molar refractivity (Wildman–Crippen MR) is 102 cm³/mol. The van der Waals surface area contributed by atoms with E-state index in [0.717, 1.165) is 22.8 Å². The van der Waals surface area contributed by atoms with E-state index < -0.39 is 0 Å². The molecule has 6 nitrogen and oxygen atoms in total. The molecule has 0 fully saturated rings. The fourth-order valence-electron chi connectivity index (χ4n) is 2.46. The van der Waals surface area contributed by atoms with Crippen LogP contribution >= 0.6 is 11.8 Å². The largest absolute Gasteiger partial charge is 0.490 e. The molecule has 0 atom stereocenters. The second-order valence-electron chi connectivity index (χ2n) is 5.76. The van der Waals surface area contributed by atoms with Gasteiger partial charge < -0.3 is 20.1 Å². The summed E-state index contributed by atoms with van der Waals surface area (Å²) < 4.78 is 11.3. The summed E-state index contributed by atoms with van der Waals surface area (Å²) in [6, 6.07) is 12.7. The number of benzene rings is 2. The van der Waals surface area contributed by atoms with Gasteiger partial charge >= 0.3 is 0 Å². The van der Waals surface area contributed by atoms with Gasteiger partial charge in [0.2, 0.25) is 11.8 Å². The van der Waals surface area contributed by atoms with Crippen molar-refractivity contribution in [2.75, 3.05) is 29.6 Å². The predicted octanol–water partition coefficient (Wildman–Crippen LogP) is 3.54. The van der Waals surface area contributed by atoms with Crippen LogP contribution in [0.15, 0.2) is 47.4 Å². The molecule has 0 unspecified atom stereocenters. The zero-order valence-electron chi connectivity index (χ0n) is 14.4. The van der Waals surface area contributed by atoms with Crippen molar-refractivity contribution in [3.05, 3.63) is 42.5 Å². The van der Waals surface area contributed by atoms with Gasteiger partial charge in [-0.05, 0) is 36.4 Å². The number of anilines is 2. The fourth-order valence-corrected chi connectivity index (χ4v) is 3.18. The van der Waals surface area contributed by atoms with Crippen molar-refractivity contribution in [1.82, 2.24) is 0 Å². The number of fused-ring (bicyclic) bond motifs is 1. The van der Waals surface area contributed by atoms with Crippen LogP contribution in [0.1, 0.15) is 13.3 Å². The lowest BCUT2D eigenvalue weighted by Crippen LogP contribution is -2.14. The number of amides is 2. The molecule has 7 heteroatoms. The maximum absolute atomic E-state index is 12.2. The molecule has 1 aliphatic heterocycles. The Hall–Kier alpha value is -2.67. The highest BCUT2D eigenvalue weighted by Gasteiger charge is 2.12. The third kappa shape index (κ3) is 5.16. The summed E-state index contributed by atoms with van der Waals surface area (Å²) in [5.74, 6) is 1.45. The molecule has 0 saturated carbocycles. The molecule has 2 aromatic carbocycles. The van der Waals surface area contributed by atoms with E-state index >= 15 is 0 Å². The summed E-state index contributed by atoms with van der Waals surface area (Å²) in [6.45, 7) is 2.73. The number of hydrogen-bond acceptors (Lipinski definition) is 5. The Morgan fingerprint density at radius 2 is 1.73 bits per heavy atom. The Morgan fingerprint density at radius 3 is 2.50 bits per heavy atom. The fraction of sp³-hybridized carbons (Fsp3) is 0.263. The van der Waals surface area contributed by atoms with E-state index in [0.29, 0.717) is 24.6 Å². The van der Waals surface area contributed by atoms with Gasteiger partial charge in [-0.25, -0.2) is 0 Å². The summed E-state index contributed by atoms with van der Waals surface area (Å²) >= 11 is 1.42. The van der Waals surface area contributed by atoms with Crippen molar-refractivity contribution in [3.63, 3.8) is 0 Å². The van der Waals surface area contributed by atoms with Crippen molar-refractivity contribution in [2.45, 2.75) is 18.2 Å². The minimum Gasteiger partial charge on any atom is -0.490 e. The highest BCUT2D eigenvalue weighted by atomic mass is 32.2. The first-order valence-electron chi connectivity index (χ1n) is 8.30. The van der Waals surface area contributed by atoms with E-state index in [2.05, 4.69) is 10.6 Å². The molecule has 0 saturated heterocycles. The van der Waals surface area contributed by atoms with Gasteiger partial charge in [0.25, 0.3) is 0 Å². The summed E-state index contributed by atoms with van der Waals surface area (Å²) in [5.41, 5.74) is 1.28.